The monoisotopic (exact) mass is 255 g/mol. The van der Waals surface area contributed by atoms with Crippen LogP contribution in [0.5, 0.6) is 0 Å². The summed E-state index contributed by atoms with van der Waals surface area (Å²) in [4.78, 5) is 0. The largest absolute Gasteiger partial charge is 0.0958 e. The van der Waals surface area contributed by atoms with E-state index in [1.54, 1.807) is 5.54 Å². The topological polar surface area (TPSA) is 0 Å². The molecule has 1 aromatic carbocycles. The van der Waals surface area contributed by atoms with Gasteiger partial charge in [-0.05, 0) is 11.0 Å². The van der Waals surface area contributed by atoms with Crippen LogP contribution in [0.2, 0.25) is 13.1 Å². The summed E-state index contributed by atoms with van der Waals surface area (Å²) >= 11 is 0. The highest BCUT2D eigenvalue weighted by Gasteiger charge is 2.34. The Labute approximate surface area is 112 Å². The van der Waals surface area contributed by atoms with Crippen LogP contribution in [0.25, 0.3) is 0 Å². The predicted molar refractivity (Wildman–Crippen MR) is 83.5 cm³/mol. The third-order valence-electron chi connectivity index (χ3n) is 3.84. The van der Waals surface area contributed by atoms with Gasteiger partial charge in [0.15, 0.2) is 0 Å². The molecule has 0 fully saturated rings. The second-order valence-electron chi connectivity index (χ2n) is 6.63. The second kappa shape index (κ2) is 4.54. The second-order valence-corrected chi connectivity index (χ2v) is 11.0. The smallest absolute Gasteiger partial charge is 0.0757 e. The summed E-state index contributed by atoms with van der Waals surface area (Å²) in [6.45, 7) is 11.7. The van der Waals surface area contributed by atoms with Gasteiger partial charge in [0.25, 0.3) is 0 Å². The Kier molecular flexibility index (Phi) is 3.37. The van der Waals surface area contributed by atoms with E-state index in [0.29, 0.717) is 0 Å². The lowest BCUT2D eigenvalue weighted by Crippen LogP contribution is -2.46. The van der Waals surface area contributed by atoms with E-state index < -0.39 is 8.07 Å². The van der Waals surface area contributed by atoms with E-state index in [9.17, 15) is 0 Å². The fraction of sp³-hybridized carbons (Fsp3) is 0.353. The molecule has 18 heavy (non-hydrogen) atoms. The van der Waals surface area contributed by atoms with Gasteiger partial charge in [-0.3, -0.25) is 0 Å². The van der Waals surface area contributed by atoms with Crippen LogP contribution in [0.4, 0.5) is 0 Å². The first-order valence-corrected chi connectivity index (χ1v) is 9.65. The minimum atomic E-state index is -1.51. The minimum absolute atomic E-state index is 0.249. The fourth-order valence-corrected chi connectivity index (χ4v) is 4.70. The summed E-state index contributed by atoms with van der Waals surface area (Å²) in [7, 11) is -1.51. The molecule has 0 bridgehead atoms. The van der Waals surface area contributed by atoms with E-state index in [1.807, 2.05) is 0 Å². The summed E-state index contributed by atoms with van der Waals surface area (Å²) in [5, 5.41) is 1.51. The van der Waals surface area contributed by atoms with Crippen LogP contribution in [0.3, 0.4) is 0 Å². The Hall–Kier alpha value is -1.08. The zero-order chi connectivity index (χ0) is 13.4. The summed E-state index contributed by atoms with van der Waals surface area (Å²) in [5.74, 6) is 0. The van der Waals surface area contributed by atoms with Crippen LogP contribution >= 0.6 is 0 Å². The third kappa shape index (κ3) is 2.51. The van der Waals surface area contributed by atoms with Crippen LogP contribution in [-0.2, 0) is 0 Å². The van der Waals surface area contributed by atoms with E-state index in [0.717, 1.165) is 0 Å². The zero-order valence-corrected chi connectivity index (χ0v) is 13.1. The number of benzene rings is 1. The lowest BCUT2D eigenvalue weighted by molar-refractivity contribution is 0.518. The first-order chi connectivity index (χ1) is 8.32. The van der Waals surface area contributed by atoms with Gasteiger partial charge in [-0.15, -0.1) is 0 Å². The highest BCUT2D eigenvalue weighted by molar-refractivity contribution is 6.95. The average Bonchev–Trinajstić information content (AvgIpc) is 2.79. The maximum Gasteiger partial charge on any atom is 0.0958 e. The molecule has 0 aliphatic heterocycles. The lowest BCUT2D eigenvalue weighted by atomic mass is 9.87. The van der Waals surface area contributed by atoms with Crippen LogP contribution < -0.4 is 5.19 Å². The summed E-state index contributed by atoms with van der Waals surface area (Å²) in [6.07, 6.45) is 7.05. The van der Waals surface area contributed by atoms with Gasteiger partial charge in [0.1, 0.15) is 0 Å². The van der Waals surface area contributed by atoms with E-state index in [1.165, 1.54) is 10.8 Å². The normalized spacial score (nSPS) is 17.1. The molecule has 1 heteroatoms. The molecular weight excluding hydrogens is 232 g/mol. The molecule has 1 aliphatic rings. The van der Waals surface area contributed by atoms with Gasteiger partial charge in [-0.2, -0.15) is 0 Å². The third-order valence-corrected chi connectivity index (χ3v) is 7.37. The molecule has 1 radical (unpaired) electrons. The maximum absolute atomic E-state index is 2.43. The van der Waals surface area contributed by atoms with E-state index >= 15 is 0 Å². The molecule has 0 saturated carbocycles. The maximum atomic E-state index is 2.43. The molecule has 2 rings (SSSR count). The highest BCUT2D eigenvalue weighted by Crippen LogP contribution is 2.36. The van der Waals surface area contributed by atoms with E-state index in [4.69, 9.17) is 0 Å². The van der Waals surface area contributed by atoms with Crippen molar-refractivity contribution in [1.29, 1.82) is 0 Å². The molecule has 0 unspecified atom stereocenters. The fourth-order valence-electron chi connectivity index (χ4n) is 2.32. The van der Waals surface area contributed by atoms with Crippen LogP contribution in [0.15, 0.2) is 54.1 Å². The summed E-state index contributed by atoms with van der Waals surface area (Å²) < 4.78 is 0. The molecule has 1 aliphatic carbocycles. The Morgan fingerprint density at radius 3 is 2.00 bits per heavy atom. The molecule has 0 aromatic heterocycles. The van der Waals surface area contributed by atoms with Gasteiger partial charge < -0.3 is 0 Å². The minimum Gasteiger partial charge on any atom is -0.0757 e. The SMILES string of the molecule is CC(C)(C)C1=C[C]([Si](C)(C)c2ccccc2)C=C1. The highest BCUT2D eigenvalue weighted by atomic mass is 28.3. The lowest BCUT2D eigenvalue weighted by Gasteiger charge is -2.27. The van der Waals surface area contributed by atoms with Crippen molar-refractivity contribution in [3.8, 4) is 0 Å². The van der Waals surface area contributed by atoms with Crippen LogP contribution in [-0.4, -0.2) is 8.07 Å². The first-order valence-electron chi connectivity index (χ1n) is 6.65. The number of hydrogen-bond acceptors (Lipinski definition) is 0. The van der Waals surface area contributed by atoms with Crippen molar-refractivity contribution >= 4 is 13.3 Å². The number of rotatable bonds is 2. The van der Waals surface area contributed by atoms with Gasteiger partial charge in [0, 0.05) is 5.54 Å². The van der Waals surface area contributed by atoms with Crippen molar-refractivity contribution in [3.63, 3.8) is 0 Å². The molecule has 0 nitrogen and oxygen atoms in total. The molecule has 0 amide bonds. The Morgan fingerprint density at radius 1 is 0.889 bits per heavy atom. The molecule has 0 heterocycles. The summed E-state index contributed by atoms with van der Waals surface area (Å²) in [6, 6.07) is 10.9. The van der Waals surface area contributed by atoms with Gasteiger partial charge in [0.05, 0.1) is 8.07 Å². The predicted octanol–water partition coefficient (Wildman–Crippen LogP) is 4.26. The van der Waals surface area contributed by atoms with Crippen molar-refractivity contribution in [2.75, 3.05) is 0 Å². The van der Waals surface area contributed by atoms with Crippen molar-refractivity contribution in [1.82, 2.24) is 0 Å². The van der Waals surface area contributed by atoms with Crippen LogP contribution in [0, 0.1) is 11.0 Å². The molecule has 0 spiro atoms. The Morgan fingerprint density at radius 2 is 1.50 bits per heavy atom. The van der Waals surface area contributed by atoms with E-state index in [2.05, 4.69) is 82.4 Å². The zero-order valence-electron chi connectivity index (χ0n) is 12.1. The quantitative estimate of drug-likeness (QED) is 0.693. The van der Waals surface area contributed by atoms with Crippen molar-refractivity contribution < 1.29 is 0 Å². The van der Waals surface area contributed by atoms with Crippen molar-refractivity contribution in [2.24, 2.45) is 5.41 Å². The van der Waals surface area contributed by atoms with Gasteiger partial charge >= 0.3 is 0 Å². The molecule has 0 saturated heterocycles. The van der Waals surface area contributed by atoms with Crippen molar-refractivity contribution in [2.45, 2.75) is 33.9 Å². The van der Waals surface area contributed by atoms with Gasteiger partial charge in [0.2, 0.25) is 0 Å². The molecule has 0 N–H and O–H groups in total. The molecule has 95 valence electrons. The molecule has 0 atom stereocenters. The summed E-state index contributed by atoms with van der Waals surface area (Å²) in [5.41, 5.74) is 3.24. The van der Waals surface area contributed by atoms with Gasteiger partial charge in [-0.25, -0.2) is 0 Å². The first kappa shape index (κ1) is 13.4. The number of allylic oxidation sites excluding steroid dienone is 4. The van der Waals surface area contributed by atoms with E-state index in [-0.39, 0.29) is 5.41 Å². The Balaban J connectivity index is 2.30. The molecule has 1 aromatic rings. The molecular formula is C17H23Si. The van der Waals surface area contributed by atoms with Gasteiger partial charge in [-0.1, -0.05) is 87.6 Å². The van der Waals surface area contributed by atoms with Crippen molar-refractivity contribution in [3.05, 3.63) is 59.7 Å². The Bertz CT molecular complexity index is 472. The standard InChI is InChI=1S/C17H23Si/c1-17(2,3)14-11-12-16(13-14)18(4,5)15-9-7-6-8-10-15/h6-13H,1-5H3. The average molecular weight is 255 g/mol. The number of hydrogen-bond donors (Lipinski definition) is 0. The van der Waals surface area contributed by atoms with Crippen LogP contribution in [0.1, 0.15) is 20.8 Å².